The van der Waals surface area contributed by atoms with Crippen molar-refractivity contribution in [1.29, 1.82) is 0 Å². The summed E-state index contributed by atoms with van der Waals surface area (Å²) in [6.07, 6.45) is -0.688. The highest BCUT2D eigenvalue weighted by Crippen LogP contribution is 2.44. The van der Waals surface area contributed by atoms with Gasteiger partial charge in [-0.05, 0) is 36.8 Å². The van der Waals surface area contributed by atoms with Crippen LogP contribution in [0, 0.1) is 6.92 Å². The van der Waals surface area contributed by atoms with Crippen molar-refractivity contribution in [2.24, 2.45) is 0 Å². The first-order valence-electron chi connectivity index (χ1n) is 7.78. The normalized spacial score (nSPS) is 19.2. The van der Waals surface area contributed by atoms with Gasteiger partial charge in [0.1, 0.15) is 17.2 Å². The number of hydrogen-bond donors (Lipinski definition) is 1. The molecule has 2 atom stereocenters. The molecule has 126 valence electrons. The van der Waals surface area contributed by atoms with Crippen molar-refractivity contribution in [2.45, 2.75) is 25.9 Å². The molecule has 0 aliphatic carbocycles. The molecule has 0 saturated carbocycles. The van der Waals surface area contributed by atoms with Gasteiger partial charge >= 0.3 is 5.97 Å². The fourth-order valence-electron chi connectivity index (χ4n) is 3.00. The number of carbonyl (C=O) groups excluding carboxylic acids is 1. The summed E-state index contributed by atoms with van der Waals surface area (Å²) in [5.41, 5.74) is 2.40. The fourth-order valence-corrected chi connectivity index (χ4v) is 3.00. The molecule has 3 rings (SSSR count). The Hall–Kier alpha value is -2.53. The molecule has 1 heterocycles. The molecule has 5 nitrogen and oxygen atoms in total. The molecule has 5 heteroatoms. The first kappa shape index (κ1) is 16.3. The second-order valence-corrected chi connectivity index (χ2v) is 5.84. The Balaban J connectivity index is 1.91. The van der Waals surface area contributed by atoms with Gasteiger partial charge in [-0.25, -0.2) is 0 Å². The number of methoxy groups -OCH3 is 1. The van der Waals surface area contributed by atoms with Crippen molar-refractivity contribution in [3.05, 3.63) is 53.1 Å². The molecule has 0 fully saturated rings. The molecule has 0 saturated heterocycles. The van der Waals surface area contributed by atoms with E-state index < -0.39 is 6.10 Å². The summed E-state index contributed by atoms with van der Waals surface area (Å²) in [5, 5.41) is 10.8. The highest BCUT2D eigenvalue weighted by Gasteiger charge is 2.32. The SMILES string of the molecule is COc1ccc(C2COc3c(ccc(OC(C)=O)c3C)C2O)cc1. The maximum absolute atomic E-state index is 11.2. The number of benzene rings is 2. The number of esters is 1. The third-order valence-electron chi connectivity index (χ3n) is 4.29. The van der Waals surface area contributed by atoms with Crippen LogP contribution < -0.4 is 14.2 Å². The number of aliphatic hydroxyl groups is 1. The lowest BCUT2D eigenvalue weighted by Crippen LogP contribution is -2.25. The summed E-state index contributed by atoms with van der Waals surface area (Å²) in [6, 6.07) is 11.0. The summed E-state index contributed by atoms with van der Waals surface area (Å²) in [6.45, 7) is 3.52. The average Bonchev–Trinajstić information content (AvgIpc) is 2.58. The molecule has 2 aromatic carbocycles. The number of carbonyl (C=O) groups is 1. The Morgan fingerprint density at radius 3 is 2.54 bits per heavy atom. The molecule has 0 bridgehead atoms. The van der Waals surface area contributed by atoms with Gasteiger partial charge in [0, 0.05) is 24.0 Å². The van der Waals surface area contributed by atoms with E-state index in [1.807, 2.05) is 31.2 Å². The molecule has 0 radical (unpaired) electrons. The lowest BCUT2D eigenvalue weighted by Gasteiger charge is -2.32. The average molecular weight is 328 g/mol. The number of hydrogen-bond acceptors (Lipinski definition) is 5. The van der Waals surface area contributed by atoms with E-state index in [1.165, 1.54) is 6.92 Å². The van der Waals surface area contributed by atoms with Crippen molar-refractivity contribution in [1.82, 2.24) is 0 Å². The standard InChI is InChI=1S/C19H20O5/c1-11-17(24-12(2)20)9-8-15-18(21)16(10-23-19(11)15)13-4-6-14(22-3)7-5-13/h4-9,16,18,21H,10H2,1-3H3. The van der Waals surface area contributed by atoms with Crippen LogP contribution in [0.4, 0.5) is 0 Å². The van der Waals surface area contributed by atoms with E-state index in [4.69, 9.17) is 14.2 Å². The Kier molecular flexibility index (Phi) is 4.44. The molecular weight excluding hydrogens is 308 g/mol. The van der Waals surface area contributed by atoms with Crippen LogP contribution in [0.1, 0.15) is 35.6 Å². The Morgan fingerprint density at radius 2 is 1.92 bits per heavy atom. The molecule has 1 N–H and O–H groups in total. The zero-order valence-electron chi connectivity index (χ0n) is 13.9. The van der Waals surface area contributed by atoms with Crippen LogP contribution in [-0.2, 0) is 4.79 Å². The van der Waals surface area contributed by atoms with Crippen LogP contribution >= 0.6 is 0 Å². The highest BCUT2D eigenvalue weighted by molar-refractivity contribution is 5.70. The van der Waals surface area contributed by atoms with E-state index >= 15 is 0 Å². The van der Waals surface area contributed by atoms with Crippen LogP contribution in [0.3, 0.4) is 0 Å². The second kappa shape index (κ2) is 6.53. The van der Waals surface area contributed by atoms with Gasteiger partial charge in [-0.2, -0.15) is 0 Å². The van der Waals surface area contributed by atoms with E-state index in [-0.39, 0.29) is 11.9 Å². The van der Waals surface area contributed by atoms with Gasteiger partial charge < -0.3 is 19.3 Å². The van der Waals surface area contributed by atoms with Gasteiger partial charge in [-0.15, -0.1) is 0 Å². The molecular formula is C19H20O5. The Labute approximate surface area is 140 Å². The number of fused-ring (bicyclic) bond motifs is 1. The van der Waals surface area contributed by atoms with Crippen molar-refractivity contribution in [2.75, 3.05) is 13.7 Å². The third-order valence-corrected chi connectivity index (χ3v) is 4.29. The molecule has 0 spiro atoms. The first-order chi connectivity index (χ1) is 11.5. The molecule has 2 unspecified atom stereocenters. The maximum Gasteiger partial charge on any atom is 0.308 e. The monoisotopic (exact) mass is 328 g/mol. The molecule has 24 heavy (non-hydrogen) atoms. The quantitative estimate of drug-likeness (QED) is 0.693. The van der Waals surface area contributed by atoms with E-state index in [2.05, 4.69) is 0 Å². The minimum Gasteiger partial charge on any atom is -0.497 e. The largest absolute Gasteiger partial charge is 0.497 e. The van der Waals surface area contributed by atoms with Crippen molar-refractivity contribution in [3.63, 3.8) is 0 Å². The summed E-state index contributed by atoms with van der Waals surface area (Å²) < 4.78 is 16.2. The van der Waals surface area contributed by atoms with Crippen molar-refractivity contribution < 1.29 is 24.1 Å². The summed E-state index contributed by atoms with van der Waals surface area (Å²) in [5.74, 6) is 1.27. The summed E-state index contributed by atoms with van der Waals surface area (Å²) in [7, 11) is 1.62. The van der Waals surface area contributed by atoms with E-state index in [9.17, 15) is 9.90 Å². The van der Waals surface area contributed by atoms with Crippen LogP contribution in [0.15, 0.2) is 36.4 Å². The zero-order chi connectivity index (χ0) is 17.3. The van der Waals surface area contributed by atoms with Crippen LogP contribution in [0.25, 0.3) is 0 Å². The number of ether oxygens (including phenoxy) is 3. The molecule has 0 amide bonds. The summed E-state index contributed by atoms with van der Waals surface area (Å²) >= 11 is 0. The van der Waals surface area contributed by atoms with E-state index in [0.29, 0.717) is 23.7 Å². The Bertz CT molecular complexity index is 751. The van der Waals surface area contributed by atoms with E-state index in [0.717, 1.165) is 16.9 Å². The zero-order valence-corrected chi connectivity index (χ0v) is 13.9. The molecule has 2 aromatic rings. The first-order valence-corrected chi connectivity index (χ1v) is 7.78. The van der Waals surface area contributed by atoms with Gasteiger partial charge in [-0.1, -0.05) is 12.1 Å². The predicted octanol–water partition coefficient (Wildman–Crippen LogP) is 3.14. The molecule has 1 aliphatic rings. The van der Waals surface area contributed by atoms with Gasteiger partial charge in [0.05, 0.1) is 19.8 Å². The van der Waals surface area contributed by atoms with Gasteiger partial charge in [0.15, 0.2) is 0 Å². The summed E-state index contributed by atoms with van der Waals surface area (Å²) in [4.78, 5) is 11.2. The van der Waals surface area contributed by atoms with Gasteiger partial charge in [0.2, 0.25) is 0 Å². The van der Waals surface area contributed by atoms with Crippen molar-refractivity contribution in [3.8, 4) is 17.2 Å². The van der Waals surface area contributed by atoms with Crippen LogP contribution in [0.2, 0.25) is 0 Å². The van der Waals surface area contributed by atoms with Gasteiger partial charge in [0.25, 0.3) is 0 Å². The lowest BCUT2D eigenvalue weighted by molar-refractivity contribution is -0.131. The number of aliphatic hydroxyl groups excluding tert-OH is 1. The number of rotatable bonds is 3. The fraction of sp³-hybridized carbons (Fsp3) is 0.316. The highest BCUT2D eigenvalue weighted by atomic mass is 16.5. The second-order valence-electron chi connectivity index (χ2n) is 5.84. The topological polar surface area (TPSA) is 65.0 Å². The minimum atomic E-state index is -0.688. The predicted molar refractivity (Wildman–Crippen MR) is 88.7 cm³/mol. The smallest absolute Gasteiger partial charge is 0.308 e. The molecule has 0 aromatic heterocycles. The van der Waals surface area contributed by atoms with Gasteiger partial charge in [-0.3, -0.25) is 4.79 Å². The van der Waals surface area contributed by atoms with E-state index in [1.54, 1.807) is 19.2 Å². The van der Waals surface area contributed by atoms with Crippen LogP contribution in [-0.4, -0.2) is 24.8 Å². The maximum atomic E-state index is 11.2. The minimum absolute atomic E-state index is 0.164. The Morgan fingerprint density at radius 1 is 1.21 bits per heavy atom. The third kappa shape index (κ3) is 2.95. The molecule has 1 aliphatic heterocycles. The van der Waals surface area contributed by atoms with Crippen LogP contribution in [0.5, 0.6) is 17.2 Å². The lowest BCUT2D eigenvalue weighted by atomic mass is 9.86. The van der Waals surface area contributed by atoms with Crippen molar-refractivity contribution >= 4 is 5.97 Å².